The smallest absolute Gasteiger partial charge is 0.293 e. The molecule has 2 amide bonds. The van der Waals surface area contributed by atoms with Crippen molar-refractivity contribution in [3.8, 4) is 11.8 Å². The molecule has 0 aromatic heterocycles. The number of aryl methyl sites for hydroxylation is 1. The van der Waals surface area contributed by atoms with Crippen LogP contribution >= 0.6 is 43.6 Å². The van der Waals surface area contributed by atoms with Crippen molar-refractivity contribution in [3.63, 3.8) is 0 Å². The SMILES string of the molecule is Cc1cccc(COc2c(Br)cc(/C=C3/SC(=O)N(Cc4ccccc4C#N)C3=O)cc2Br)c1. The zero-order valence-corrected chi connectivity index (χ0v) is 22.0. The molecule has 1 aliphatic rings. The maximum atomic E-state index is 12.9. The van der Waals surface area contributed by atoms with Gasteiger partial charge >= 0.3 is 0 Å². The van der Waals surface area contributed by atoms with Gasteiger partial charge in [-0.25, -0.2) is 0 Å². The number of ether oxygens (including phenoxy) is 1. The Morgan fingerprint density at radius 3 is 2.50 bits per heavy atom. The second-order valence-corrected chi connectivity index (χ2v) is 10.3. The third-order valence-electron chi connectivity index (χ3n) is 5.12. The molecule has 0 saturated carbocycles. The molecule has 0 spiro atoms. The molecule has 1 heterocycles. The number of rotatable bonds is 6. The molecule has 3 aromatic rings. The molecule has 8 heteroatoms. The normalized spacial score (nSPS) is 14.5. The van der Waals surface area contributed by atoms with Crippen molar-refractivity contribution >= 4 is 60.8 Å². The molecule has 3 aromatic carbocycles. The van der Waals surface area contributed by atoms with Crippen LogP contribution in [0.4, 0.5) is 4.79 Å². The lowest BCUT2D eigenvalue weighted by molar-refractivity contribution is -0.123. The van der Waals surface area contributed by atoms with Crippen molar-refractivity contribution in [3.05, 3.63) is 102 Å². The summed E-state index contributed by atoms with van der Waals surface area (Å²) >= 11 is 7.99. The number of hydrogen-bond donors (Lipinski definition) is 0. The highest BCUT2D eigenvalue weighted by atomic mass is 79.9. The van der Waals surface area contributed by atoms with Crippen molar-refractivity contribution in [2.45, 2.75) is 20.1 Å². The Morgan fingerprint density at radius 2 is 1.79 bits per heavy atom. The van der Waals surface area contributed by atoms with Crippen LogP contribution in [-0.4, -0.2) is 16.0 Å². The van der Waals surface area contributed by atoms with Gasteiger partial charge in [-0.2, -0.15) is 5.26 Å². The molecule has 1 saturated heterocycles. The van der Waals surface area contributed by atoms with Crippen molar-refractivity contribution in [1.29, 1.82) is 5.26 Å². The molecule has 0 N–H and O–H groups in total. The summed E-state index contributed by atoms with van der Waals surface area (Å²) in [5.41, 5.74) is 4.05. The Bertz CT molecular complexity index is 1340. The summed E-state index contributed by atoms with van der Waals surface area (Å²) in [5.74, 6) is 0.273. The first-order valence-electron chi connectivity index (χ1n) is 10.3. The van der Waals surface area contributed by atoms with Gasteiger partial charge in [0.25, 0.3) is 11.1 Å². The van der Waals surface area contributed by atoms with E-state index >= 15 is 0 Å². The predicted molar refractivity (Wildman–Crippen MR) is 140 cm³/mol. The Hall–Kier alpha value is -2.86. The fraction of sp³-hybridized carbons (Fsp3) is 0.115. The number of nitrogens with zero attached hydrogens (tertiary/aromatic N) is 2. The molecule has 170 valence electrons. The Labute approximate surface area is 218 Å². The highest BCUT2D eigenvalue weighted by Gasteiger charge is 2.35. The van der Waals surface area contributed by atoms with Crippen LogP contribution in [0, 0.1) is 18.3 Å². The van der Waals surface area contributed by atoms with Crippen LogP contribution in [0.2, 0.25) is 0 Å². The number of nitriles is 1. The molecule has 0 atom stereocenters. The fourth-order valence-electron chi connectivity index (χ4n) is 3.48. The molecule has 0 unspecified atom stereocenters. The van der Waals surface area contributed by atoms with E-state index in [9.17, 15) is 14.9 Å². The van der Waals surface area contributed by atoms with E-state index in [1.54, 1.807) is 30.3 Å². The summed E-state index contributed by atoms with van der Waals surface area (Å²) in [4.78, 5) is 26.9. The summed E-state index contributed by atoms with van der Waals surface area (Å²) in [6, 6.07) is 20.8. The van der Waals surface area contributed by atoms with Crippen LogP contribution < -0.4 is 4.74 Å². The average molecular weight is 598 g/mol. The zero-order chi connectivity index (χ0) is 24.2. The van der Waals surface area contributed by atoms with Crippen LogP contribution in [-0.2, 0) is 17.9 Å². The van der Waals surface area contributed by atoms with Gasteiger partial charge in [-0.1, -0.05) is 48.0 Å². The van der Waals surface area contributed by atoms with E-state index in [4.69, 9.17) is 4.74 Å². The standard InChI is InChI=1S/C26H18Br2N2O3S/c1-16-5-4-6-17(9-16)15-33-24-21(27)10-18(11-22(24)28)12-23-25(31)30(26(32)34-23)14-20-8-3-2-7-19(20)13-29/h2-12H,14-15H2,1H3/b23-12+. The van der Waals surface area contributed by atoms with Gasteiger partial charge in [-0.3, -0.25) is 14.5 Å². The molecule has 4 rings (SSSR count). The maximum Gasteiger partial charge on any atom is 0.293 e. The number of carbonyl (C=O) groups excluding carboxylic acids is 2. The first-order valence-corrected chi connectivity index (χ1v) is 12.7. The van der Waals surface area contributed by atoms with Crippen LogP contribution in [0.3, 0.4) is 0 Å². The molecule has 34 heavy (non-hydrogen) atoms. The minimum atomic E-state index is -0.380. The van der Waals surface area contributed by atoms with Gasteiger partial charge in [0.2, 0.25) is 0 Å². The van der Waals surface area contributed by atoms with Gasteiger partial charge in [0.05, 0.1) is 32.0 Å². The Kier molecular flexibility index (Phi) is 7.57. The molecule has 1 fully saturated rings. The number of hydrogen-bond acceptors (Lipinski definition) is 5. The number of halogens is 2. The summed E-state index contributed by atoms with van der Waals surface area (Å²) in [6.45, 7) is 2.51. The van der Waals surface area contributed by atoms with E-state index in [2.05, 4.69) is 44.0 Å². The van der Waals surface area contributed by atoms with Crippen LogP contribution in [0.5, 0.6) is 5.75 Å². The van der Waals surface area contributed by atoms with Crippen molar-refractivity contribution < 1.29 is 14.3 Å². The van der Waals surface area contributed by atoms with Gasteiger partial charge in [0.15, 0.2) is 0 Å². The van der Waals surface area contributed by atoms with E-state index in [0.29, 0.717) is 28.4 Å². The first kappa shape index (κ1) is 24.3. The van der Waals surface area contributed by atoms with Gasteiger partial charge in [0, 0.05) is 0 Å². The molecule has 5 nitrogen and oxygen atoms in total. The van der Waals surface area contributed by atoms with Crippen LogP contribution in [0.15, 0.2) is 74.5 Å². The number of amides is 2. The highest BCUT2D eigenvalue weighted by Crippen LogP contribution is 2.38. The third kappa shape index (κ3) is 5.44. The molecular weight excluding hydrogens is 580 g/mol. The van der Waals surface area contributed by atoms with Gasteiger partial charge in [0.1, 0.15) is 12.4 Å². The maximum absolute atomic E-state index is 12.9. The zero-order valence-electron chi connectivity index (χ0n) is 18.0. The molecule has 0 radical (unpaired) electrons. The van der Waals surface area contributed by atoms with E-state index in [1.165, 1.54) is 5.56 Å². The van der Waals surface area contributed by atoms with E-state index in [-0.39, 0.29) is 17.7 Å². The lowest BCUT2D eigenvalue weighted by Gasteiger charge is -2.13. The monoisotopic (exact) mass is 596 g/mol. The summed E-state index contributed by atoms with van der Waals surface area (Å²) < 4.78 is 7.45. The third-order valence-corrected chi connectivity index (χ3v) is 7.21. The van der Waals surface area contributed by atoms with Gasteiger partial charge < -0.3 is 4.74 Å². The number of carbonyl (C=O) groups is 2. The minimum absolute atomic E-state index is 0.0604. The van der Waals surface area contributed by atoms with Gasteiger partial charge in [-0.05, 0) is 91.5 Å². The summed E-state index contributed by atoms with van der Waals surface area (Å²) in [7, 11) is 0. The Morgan fingerprint density at radius 1 is 1.06 bits per heavy atom. The summed E-state index contributed by atoms with van der Waals surface area (Å²) in [5, 5.41) is 8.93. The lowest BCUT2D eigenvalue weighted by atomic mass is 10.1. The predicted octanol–water partition coefficient (Wildman–Crippen LogP) is 7.21. The van der Waals surface area contributed by atoms with Crippen molar-refractivity contribution in [1.82, 2.24) is 4.90 Å². The largest absolute Gasteiger partial charge is 0.487 e. The number of imide groups is 1. The van der Waals surface area contributed by atoms with Crippen LogP contribution in [0.25, 0.3) is 6.08 Å². The summed E-state index contributed by atoms with van der Waals surface area (Å²) in [6.07, 6.45) is 1.68. The molecular formula is C26H18Br2N2O3S. The molecule has 1 aliphatic heterocycles. The number of benzene rings is 3. The second kappa shape index (κ2) is 10.6. The van der Waals surface area contributed by atoms with E-state index in [1.807, 2.05) is 37.3 Å². The first-order chi connectivity index (χ1) is 16.4. The van der Waals surface area contributed by atoms with Crippen LogP contribution in [0.1, 0.15) is 27.8 Å². The Balaban J connectivity index is 1.52. The topological polar surface area (TPSA) is 70.4 Å². The molecule has 0 bridgehead atoms. The quantitative estimate of drug-likeness (QED) is 0.281. The molecule has 0 aliphatic carbocycles. The fourth-order valence-corrected chi connectivity index (χ4v) is 5.77. The van der Waals surface area contributed by atoms with Crippen molar-refractivity contribution in [2.24, 2.45) is 0 Å². The second-order valence-electron chi connectivity index (χ2n) is 7.63. The van der Waals surface area contributed by atoms with Gasteiger partial charge in [-0.15, -0.1) is 0 Å². The van der Waals surface area contributed by atoms with Crippen molar-refractivity contribution in [2.75, 3.05) is 0 Å². The van der Waals surface area contributed by atoms with E-state index < -0.39 is 0 Å². The minimum Gasteiger partial charge on any atom is -0.487 e. The average Bonchev–Trinajstić information content (AvgIpc) is 3.06. The lowest BCUT2D eigenvalue weighted by Crippen LogP contribution is -2.27. The number of thioether (sulfide) groups is 1. The highest BCUT2D eigenvalue weighted by molar-refractivity contribution is 9.11. The van der Waals surface area contributed by atoms with E-state index in [0.717, 1.165) is 36.7 Å².